The number of aryl methyl sites for hydroxylation is 1. The third-order valence-electron chi connectivity index (χ3n) is 6.68. The van der Waals surface area contributed by atoms with Crippen LogP contribution in [0, 0.1) is 24.5 Å². The number of amides is 1. The van der Waals surface area contributed by atoms with Crippen molar-refractivity contribution >= 4 is 17.6 Å². The van der Waals surface area contributed by atoms with E-state index in [0.717, 1.165) is 11.6 Å². The van der Waals surface area contributed by atoms with E-state index in [-0.39, 0.29) is 28.8 Å². The standard InChI is InChI=1S/C27H28F2N4O4/c1-14-4-3-5-18(28)24(14)25-19(29)6-7-21(32-25)27(36)33-22-12-31-9-8-17(22)16-10-15(2)26(20(30)11-16)37-13-23(34)35/h3-9,12,15-16,20,26H,10-11,13,30H2,1-2H3,(H,33,36)(H,34,35)/t15-,16+,20+,26-/m0/s1. The minimum atomic E-state index is -1.05. The number of hydrogen-bond donors (Lipinski definition) is 3. The number of aromatic nitrogens is 2. The highest BCUT2D eigenvalue weighted by Crippen LogP contribution is 2.39. The Bertz CT molecular complexity index is 1290. The van der Waals surface area contributed by atoms with Crippen LogP contribution in [0.5, 0.6) is 0 Å². The number of benzene rings is 1. The van der Waals surface area contributed by atoms with Gasteiger partial charge in [-0.3, -0.25) is 9.78 Å². The van der Waals surface area contributed by atoms with Crippen LogP contribution in [-0.2, 0) is 9.53 Å². The maximum Gasteiger partial charge on any atom is 0.329 e. The van der Waals surface area contributed by atoms with Gasteiger partial charge in [0.25, 0.3) is 5.91 Å². The third-order valence-corrected chi connectivity index (χ3v) is 6.68. The molecule has 0 saturated heterocycles. The van der Waals surface area contributed by atoms with Crippen LogP contribution in [0.4, 0.5) is 14.5 Å². The van der Waals surface area contributed by atoms with Crippen LogP contribution in [0.1, 0.15) is 47.3 Å². The number of carbonyl (C=O) groups is 2. The molecule has 8 nitrogen and oxygen atoms in total. The van der Waals surface area contributed by atoms with Gasteiger partial charge in [0.1, 0.15) is 29.6 Å². The molecule has 1 aromatic carbocycles. The Morgan fingerprint density at radius 2 is 1.95 bits per heavy atom. The molecule has 1 amide bonds. The van der Waals surface area contributed by atoms with Gasteiger partial charge in [-0.05, 0) is 67.0 Å². The van der Waals surface area contributed by atoms with Gasteiger partial charge in [0, 0.05) is 17.8 Å². The molecule has 0 aliphatic heterocycles. The minimum absolute atomic E-state index is 0.00145. The second-order valence-corrected chi connectivity index (χ2v) is 9.35. The Labute approximate surface area is 212 Å². The average Bonchev–Trinajstić information content (AvgIpc) is 2.84. The van der Waals surface area contributed by atoms with E-state index in [4.69, 9.17) is 15.6 Å². The summed E-state index contributed by atoms with van der Waals surface area (Å²) in [5.74, 6) is -3.08. The van der Waals surface area contributed by atoms with E-state index in [1.807, 2.05) is 6.92 Å². The second kappa shape index (κ2) is 11.1. The first kappa shape index (κ1) is 26.3. The number of carboxylic acid groups (broad SMARTS) is 1. The monoisotopic (exact) mass is 510 g/mol. The zero-order valence-electron chi connectivity index (χ0n) is 20.4. The summed E-state index contributed by atoms with van der Waals surface area (Å²) in [4.78, 5) is 32.3. The van der Waals surface area contributed by atoms with Gasteiger partial charge < -0.3 is 20.9 Å². The maximum absolute atomic E-state index is 14.6. The van der Waals surface area contributed by atoms with Crippen molar-refractivity contribution < 1.29 is 28.2 Å². The molecule has 2 aromatic heterocycles. The molecule has 0 bridgehead atoms. The van der Waals surface area contributed by atoms with Crippen LogP contribution >= 0.6 is 0 Å². The van der Waals surface area contributed by atoms with E-state index in [9.17, 15) is 18.4 Å². The summed E-state index contributed by atoms with van der Waals surface area (Å²) in [6.45, 7) is 3.18. The van der Waals surface area contributed by atoms with Gasteiger partial charge in [-0.1, -0.05) is 19.1 Å². The Morgan fingerprint density at radius 1 is 1.16 bits per heavy atom. The van der Waals surface area contributed by atoms with E-state index in [0.29, 0.717) is 24.1 Å². The molecular weight excluding hydrogens is 482 g/mol. The number of nitrogens with two attached hydrogens (primary N) is 1. The lowest BCUT2D eigenvalue weighted by Crippen LogP contribution is -2.47. The molecule has 10 heteroatoms. The number of anilines is 1. The molecule has 1 fully saturated rings. The lowest BCUT2D eigenvalue weighted by molar-refractivity contribution is -0.146. The average molecular weight is 511 g/mol. The maximum atomic E-state index is 14.6. The number of hydrogen-bond acceptors (Lipinski definition) is 6. The van der Waals surface area contributed by atoms with Crippen molar-refractivity contribution in [1.29, 1.82) is 0 Å². The van der Waals surface area contributed by atoms with Gasteiger partial charge in [-0.2, -0.15) is 0 Å². The first-order valence-electron chi connectivity index (χ1n) is 11.9. The Hall–Kier alpha value is -3.76. The summed E-state index contributed by atoms with van der Waals surface area (Å²) >= 11 is 0. The largest absolute Gasteiger partial charge is 0.480 e. The van der Waals surface area contributed by atoms with Crippen LogP contribution in [0.15, 0.2) is 48.8 Å². The quantitative estimate of drug-likeness (QED) is 0.433. The van der Waals surface area contributed by atoms with E-state index in [1.54, 1.807) is 25.3 Å². The zero-order valence-corrected chi connectivity index (χ0v) is 20.4. The van der Waals surface area contributed by atoms with Crippen molar-refractivity contribution in [2.24, 2.45) is 11.7 Å². The third kappa shape index (κ3) is 5.81. The molecule has 0 spiro atoms. The molecule has 1 aliphatic carbocycles. The summed E-state index contributed by atoms with van der Waals surface area (Å²) in [5, 5.41) is 11.7. The molecule has 4 rings (SSSR count). The Balaban J connectivity index is 1.56. The van der Waals surface area contributed by atoms with Gasteiger partial charge in [0.2, 0.25) is 0 Å². The van der Waals surface area contributed by atoms with E-state index >= 15 is 0 Å². The predicted molar refractivity (Wildman–Crippen MR) is 133 cm³/mol. The lowest BCUT2D eigenvalue weighted by atomic mass is 9.74. The number of pyridine rings is 2. The SMILES string of the molecule is Cc1cccc(F)c1-c1nc(C(=O)Nc2cnccc2[C@H]2C[C@@H](N)[C@@H](OCC(=O)O)[C@@H](C)C2)ccc1F. The summed E-state index contributed by atoms with van der Waals surface area (Å²) in [5.41, 5.74) is 7.78. The number of aliphatic carboxylic acids is 1. The van der Waals surface area contributed by atoms with E-state index in [1.165, 1.54) is 24.4 Å². The molecule has 2 heterocycles. The van der Waals surface area contributed by atoms with Gasteiger partial charge in [0.05, 0.1) is 18.0 Å². The van der Waals surface area contributed by atoms with Crippen LogP contribution in [0.25, 0.3) is 11.3 Å². The number of carboxylic acids is 1. The molecule has 1 aliphatic rings. The van der Waals surface area contributed by atoms with Crippen LogP contribution in [0.2, 0.25) is 0 Å². The van der Waals surface area contributed by atoms with Crippen molar-refractivity contribution in [2.45, 2.75) is 44.8 Å². The highest BCUT2D eigenvalue weighted by atomic mass is 19.1. The van der Waals surface area contributed by atoms with Crippen molar-refractivity contribution in [3.8, 4) is 11.3 Å². The molecule has 0 radical (unpaired) electrons. The number of nitrogens with one attached hydrogen (secondary N) is 1. The molecule has 37 heavy (non-hydrogen) atoms. The first-order chi connectivity index (χ1) is 17.7. The van der Waals surface area contributed by atoms with Crippen LogP contribution < -0.4 is 11.1 Å². The molecule has 194 valence electrons. The van der Waals surface area contributed by atoms with Crippen molar-refractivity contribution in [2.75, 3.05) is 11.9 Å². The summed E-state index contributed by atoms with van der Waals surface area (Å²) in [7, 11) is 0. The summed E-state index contributed by atoms with van der Waals surface area (Å²) < 4.78 is 34.6. The molecule has 1 saturated carbocycles. The van der Waals surface area contributed by atoms with Gasteiger partial charge >= 0.3 is 5.97 Å². The minimum Gasteiger partial charge on any atom is -0.480 e. The first-order valence-corrected chi connectivity index (χ1v) is 11.9. The summed E-state index contributed by atoms with van der Waals surface area (Å²) in [6, 6.07) is 8.10. The highest BCUT2D eigenvalue weighted by Gasteiger charge is 2.36. The molecule has 4 atom stereocenters. The van der Waals surface area contributed by atoms with Crippen LogP contribution in [-0.4, -0.2) is 45.7 Å². The van der Waals surface area contributed by atoms with Crippen molar-refractivity contribution in [3.05, 3.63) is 77.2 Å². The molecule has 3 aromatic rings. The van der Waals surface area contributed by atoms with Gasteiger partial charge in [0.15, 0.2) is 0 Å². The molecule has 4 N–H and O–H groups in total. The Kier molecular flexibility index (Phi) is 7.89. The molecule has 0 unspecified atom stereocenters. The summed E-state index contributed by atoms with van der Waals surface area (Å²) in [6.07, 6.45) is 3.92. The molecular formula is C27H28F2N4O4. The fraction of sp³-hybridized carbons (Fsp3) is 0.333. The Morgan fingerprint density at radius 3 is 2.65 bits per heavy atom. The topological polar surface area (TPSA) is 127 Å². The number of rotatable bonds is 7. The van der Waals surface area contributed by atoms with E-state index in [2.05, 4.69) is 15.3 Å². The number of carbonyl (C=O) groups excluding carboxylic acids is 1. The number of ether oxygens (including phenoxy) is 1. The lowest BCUT2D eigenvalue weighted by Gasteiger charge is -2.39. The predicted octanol–water partition coefficient (Wildman–Crippen LogP) is 4.29. The normalized spacial score (nSPS) is 21.4. The van der Waals surface area contributed by atoms with Crippen molar-refractivity contribution in [1.82, 2.24) is 9.97 Å². The van der Waals surface area contributed by atoms with Crippen LogP contribution in [0.3, 0.4) is 0 Å². The number of nitrogens with zero attached hydrogens (tertiary/aromatic N) is 2. The fourth-order valence-electron chi connectivity index (χ4n) is 5.00. The van der Waals surface area contributed by atoms with Crippen molar-refractivity contribution in [3.63, 3.8) is 0 Å². The number of halogens is 2. The second-order valence-electron chi connectivity index (χ2n) is 9.35. The zero-order chi connectivity index (χ0) is 26.7. The fourth-order valence-corrected chi connectivity index (χ4v) is 5.00. The van der Waals surface area contributed by atoms with E-state index < -0.39 is 42.3 Å². The smallest absolute Gasteiger partial charge is 0.329 e. The van der Waals surface area contributed by atoms with Gasteiger partial charge in [-0.15, -0.1) is 0 Å². The van der Waals surface area contributed by atoms with Gasteiger partial charge in [-0.25, -0.2) is 18.6 Å². The highest BCUT2D eigenvalue weighted by molar-refractivity contribution is 6.03.